The molecule has 0 atom stereocenters. The molecule has 0 N–H and O–H groups in total. The van der Waals surface area contributed by atoms with Gasteiger partial charge in [0.05, 0.1) is 16.8 Å². The van der Waals surface area contributed by atoms with Crippen molar-refractivity contribution in [2.24, 2.45) is 0 Å². The zero-order chi connectivity index (χ0) is 17.6. The fourth-order valence-electron chi connectivity index (χ4n) is 2.52. The molecule has 0 amide bonds. The fourth-order valence-corrected chi connectivity index (χ4v) is 5.41. The Kier molecular flexibility index (Phi) is 6.26. The van der Waals surface area contributed by atoms with E-state index in [1.165, 1.54) is 6.07 Å². The lowest BCUT2D eigenvalue weighted by molar-refractivity contribution is 0.0521. The first-order valence-electron chi connectivity index (χ1n) is 8.09. The monoisotopic (exact) mass is 378 g/mol. The van der Waals surface area contributed by atoms with Gasteiger partial charge in [-0.25, -0.2) is 9.18 Å². The van der Waals surface area contributed by atoms with E-state index in [0.29, 0.717) is 12.4 Å². The minimum atomic E-state index is -0.635. The van der Waals surface area contributed by atoms with Crippen molar-refractivity contribution in [3.05, 3.63) is 65.0 Å². The molecule has 1 aliphatic heterocycles. The minimum absolute atomic E-state index is 0.0305. The van der Waals surface area contributed by atoms with Gasteiger partial charge in [0.15, 0.2) is 0 Å². The SMILES string of the molecule is CCOC(=O)c1cc(C2SCCS2)c(OCc2ccccc2)cc1F. The van der Waals surface area contributed by atoms with Crippen molar-refractivity contribution < 1.29 is 18.7 Å². The van der Waals surface area contributed by atoms with Gasteiger partial charge in [0.1, 0.15) is 18.2 Å². The molecule has 2 aromatic rings. The van der Waals surface area contributed by atoms with Crippen LogP contribution in [0.25, 0.3) is 0 Å². The zero-order valence-electron chi connectivity index (χ0n) is 13.9. The normalized spacial score (nSPS) is 14.5. The van der Waals surface area contributed by atoms with Gasteiger partial charge in [-0.1, -0.05) is 30.3 Å². The van der Waals surface area contributed by atoms with Crippen LogP contribution in [0.2, 0.25) is 0 Å². The van der Waals surface area contributed by atoms with E-state index in [9.17, 15) is 9.18 Å². The highest BCUT2D eigenvalue weighted by Crippen LogP contribution is 2.49. The lowest BCUT2D eigenvalue weighted by atomic mass is 10.1. The third-order valence-corrected chi connectivity index (χ3v) is 6.78. The van der Waals surface area contributed by atoms with E-state index in [-0.39, 0.29) is 16.8 Å². The Hall–Kier alpha value is -1.66. The van der Waals surface area contributed by atoms with Crippen LogP contribution >= 0.6 is 23.5 Å². The maximum Gasteiger partial charge on any atom is 0.341 e. The van der Waals surface area contributed by atoms with Crippen molar-refractivity contribution in [2.75, 3.05) is 18.1 Å². The van der Waals surface area contributed by atoms with Gasteiger partial charge in [-0.2, -0.15) is 0 Å². The summed E-state index contributed by atoms with van der Waals surface area (Å²) < 4.78 is 25.4. The number of carbonyl (C=O) groups is 1. The number of thioether (sulfide) groups is 2. The van der Waals surface area contributed by atoms with Crippen molar-refractivity contribution in [2.45, 2.75) is 18.1 Å². The Bertz CT molecular complexity index is 731. The quantitative estimate of drug-likeness (QED) is 0.657. The molecule has 132 valence electrons. The Balaban J connectivity index is 1.89. The second-order valence-electron chi connectivity index (χ2n) is 5.44. The summed E-state index contributed by atoms with van der Waals surface area (Å²) in [6, 6.07) is 12.6. The standard InChI is InChI=1S/C19H19FO3S2/c1-2-22-18(21)14-10-15(19-24-8-9-25-19)17(11-16(14)20)23-12-13-6-4-3-5-7-13/h3-7,10-11,19H,2,8-9,12H2,1H3. The van der Waals surface area contributed by atoms with Crippen LogP contribution in [0.3, 0.4) is 0 Å². The van der Waals surface area contributed by atoms with Gasteiger partial charge in [0, 0.05) is 23.1 Å². The van der Waals surface area contributed by atoms with E-state index < -0.39 is 11.8 Å². The molecular formula is C19H19FO3S2. The van der Waals surface area contributed by atoms with Gasteiger partial charge in [-0.05, 0) is 18.6 Å². The number of ether oxygens (including phenoxy) is 2. The van der Waals surface area contributed by atoms with E-state index in [1.807, 2.05) is 30.3 Å². The summed E-state index contributed by atoms with van der Waals surface area (Å²) in [4.78, 5) is 12.0. The zero-order valence-corrected chi connectivity index (χ0v) is 15.5. The molecule has 6 heteroatoms. The fraction of sp³-hybridized carbons (Fsp3) is 0.316. The lowest BCUT2D eigenvalue weighted by Gasteiger charge is -2.17. The second kappa shape index (κ2) is 8.63. The van der Waals surface area contributed by atoms with E-state index in [1.54, 1.807) is 36.5 Å². The molecule has 0 aromatic heterocycles. The van der Waals surface area contributed by atoms with Crippen LogP contribution in [0, 0.1) is 5.82 Å². The summed E-state index contributed by atoms with van der Waals surface area (Å²) in [6.07, 6.45) is 0. The van der Waals surface area contributed by atoms with Crippen molar-refractivity contribution in [3.63, 3.8) is 0 Å². The third kappa shape index (κ3) is 4.50. The van der Waals surface area contributed by atoms with Crippen molar-refractivity contribution in [3.8, 4) is 5.75 Å². The van der Waals surface area contributed by atoms with E-state index >= 15 is 0 Å². The number of esters is 1. The number of hydrogen-bond donors (Lipinski definition) is 0. The Morgan fingerprint density at radius 2 is 1.92 bits per heavy atom. The maximum absolute atomic E-state index is 14.4. The molecule has 3 nitrogen and oxygen atoms in total. The molecule has 3 rings (SSSR count). The molecule has 0 bridgehead atoms. The number of rotatable bonds is 6. The molecule has 0 spiro atoms. The number of carbonyl (C=O) groups excluding carboxylic acids is 1. The lowest BCUT2D eigenvalue weighted by Crippen LogP contribution is -2.09. The third-order valence-electron chi connectivity index (χ3n) is 3.71. The molecule has 0 unspecified atom stereocenters. The highest BCUT2D eigenvalue weighted by atomic mass is 32.2. The first-order chi connectivity index (χ1) is 12.2. The molecule has 25 heavy (non-hydrogen) atoms. The second-order valence-corrected chi connectivity index (χ2v) is 8.16. The van der Waals surface area contributed by atoms with Gasteiger partial charge in [-0.15, -0.1) is 23.5 Å². The highest BCUT2D eigenvalue weighted by Gasteiger charge is 2.26. The molecule has 1 heterocycles. The summed E-state index contributed by atoms with van der Waals surface area (Å²) in [7, 11) is 0. The molecule has 1 aliphatic rings. The highest BCUT2D eigenvalue weighted by molar-refractivity contribution is 8.19. The first kappa shape index (κ1) is 18.1. The molecule has 2 aromatic carbocycles. The summed E-state index contributed by atoms with van der Waals surface area (Å²) in [6.45, 7) is 2.28. The van der Waals surface area contributed by atoms with Gasteiger partial charge < -0.3 is 9.47 Å². The van der Waals surface area contributed by atoms with Crippen LogP contribution in [0.5, 0.6) is 5.75 Å². The van der Waals surface area contributed by atoms with Gasteiger partial charge >= 0.3 is 5.97 Å². The van der Waals surface area contributed by atoms with Gasteiger partial charge in [-0.3, -0.25) is 0 Å². The van der Waals surface area contributed by atoms with Crippen LogP contribution < -0.4 is 4.74 Å². The van der Waals surface area contributed by atoms with Crippen LogP contribution in [-0.4, -0.2) is 24.1 Å². The van der Waals surface area contributed by atoms with Crippen LogP contribution in [-0.2, 0) is 11.3 Å². The Labute approximate surface area is 155 Å². The molecular weight excluding hydrogens is 359 g/mol. The average molecular weight is 378 g/mol. The van der Waals surface area contributed by atoms with Crippen LogP contribution in [0.15, 0.2) is 42.5 Å². The molecule has 0 aliphatic carbocycles. The Morgan fingerprint density at radius 1 is 1.20 bits per heavy atom. The van der Waals surface area contributed by atoms with Crippen LogP contribution in [0.1, 0.15) is 33.0 Å². The summed E-state index contributed by atoms with van der Waals surface area (Å²) in [5, 5.41) is 0. The van der Waals surface area contributed by atoms with Gasteiger partial charge in [0.25, 0.3) is 0 Å². The number of benzene rings is 2. The van der Waals surface area contributed by atoms with Crippen LogP contribution in [0.4, 0.5) is 4.39 Å². The van der Waals surface area contributed by atoms with Gasteiger partial charge in [0.2, 0.25) is 0 Å². The maximum atomic E-state index is 14.4. The Morgan fingerprint density at radius 3 is 2.60 bits per heavy atom. The molecule has 1 saturated heterocycles. The molecule has 0 saturated carbocycles. The van der Waals surface area contributed by atoms with Crippen molar-refractivity contribution in [1.82, 2.24) is 0 Å². The molecule has 0 radical (unpaired) electrons. The smallest absolute Gasteiger partial charge is 0.341 e. The average Bonchev–Trinajstić information content (AvgIpc) is 3.15. The summed E-state index contributed by atoms with van der Waals surface area (Å²) in [5.41, 5.74) is 1.82. The summed E-state index contributed by atoms with van der Waals surface area (Å²) >= 11 is 3.56. The van der Waals surface area contributed by atoms with Crippen molar-refractivity contribution >= 4 is 29.5 Å². The minimum Gasteiger partial charge on any atom is -0.488 e. The summed E-state index contributed by atoms with van der Waals surface area (Å²) in [5.74, 6) is 1.29. The van der Waals surface area contributed by atoms with Crippen molar-refractivity contribution in [1.29, 1.82) is 0 Å². The number of hydrogen-bond acceptors (Lipinski definition) is 5. The topological polar surface area (TPSA) is 35.5 Å². The first-order valence-corrected chi connectivity index (χ1v) is 10.2. The van der Waals surface area contributed by atoms with E-state index in [4.69, 9.17) is 9.47 Å². The van der Waals surface area contributed by atoms with E-state index in [0.717, 1.165) is 22.6 Å². The predicted molar refractivity (Wildman–Crippen MR) is 101 cm³/mol. The number of halogens is 1. The van der Waals surface area contributed by atoms with E-state index in [2.05, 4.69) is 0 Å². The predicted octanol–water partition coefficient (Wildman–Crippen LogP) is 5.06. The largest absolute Gasteiger partial charge is 0.488 e. The molecule has 1 fully saturated rings.